The van der Waals surface area contributed by atoms with Gasteiger partial charge in [-0.2, -0.15) is 0 Å². The van der Waals surface area contributed by atoms with Crippen LogP contribution in [0.3, 0.4) is 0 Å². The van der Waals surface area contributed by atoms with Gasteiger partial charge in [0.1, 0.15) is 0 Å². The fourth-order valence-electron chi connectivity index (χ4n) is 1.77. The summed E-state index contributed by atoms with van der Waals surface area (Å²) in [6.07, 6.45) is 1.31. The predicted octanol–water partition coefficient (Wildman–Crippen LogP) is 2.44. The van der Waals surface area contributed by atoms with E-state index in [2.05, 4.69) is 5.32 Å². The first-order valence-electron chi connectivity index (χ1n) is 6.29. The molecule has 5 heteroatoms. The fraction of sp³-hybridized carbons (Fsp3) is 0.333. The Labute approximate surface area is 117 Å². The summed E-state index contributed by atoms with van der Waals surface area (Å²) in [6.45, 7) is 7.02. The van der Waals surface area contributed by atoms with Gasteiger partial charge < -0.3 is 14.8 Å². The molecule has 1 fully saturated rings. The first-order chi connectivity index (χ1) is 9.28. The third-order valence-electron chi connectivity index (χ3n) is 3.01. The maximum Gasteiger partial charge on any atom is 0.350 e. The molecule has 1 aromatic carbocycles. The van der Waals surface area contributed by atoms with Crippen molar-refractivity contribution in [3.8, 4) is 0 Å². The largest absolute Gasteiger partial charge is 0.419 e. The molecule has 0 saturated carbocycles. The molecule has 0 atom stereocenters. The highest BCUT2D eigenvalue weighted by Gasteiger charge is 2.38. The van der Waals surface area contributed by atoms with Crippen molar-refractivity contribution in [2.24, 2.45) is 0 Å². The Balaban J connectivity index is 2.17. The number of hydrogen-bond donors (Lipinski definition) is 1. The number of aryl methyl sites for hydroxylation is 2. The summed E-state index contributed by atoms with van der Waals surface area (Å²) in [7, 11) is 0. The number of ether oxygens (including phenoxy) is 2. The molecule has 1 aromatic rings. The molecule has 0 spiro atoms. The number of carbonyl (C=O) groups excluding carboxylic acids is 2. The van der Waals surface area contributed by atoms with Gasteiger partial charge in [0.2, 0.25) is 0 Å². The van der Waals surface area contributed by atoms with Crippen molar-refractivity contribution in [1.82, 2.24) is 0 Å². The summed E-state index contributed by atoms with van der Waals surface area (Å²) in [5.74, 6) is -2.60. The maximum atomic E-state index is 11.7. The second-order valence-electron chi connectivity index (χ2n) is 5.18. The quantitative estimate of drug-likeness (QED) is 0.510. The van der Waals surface area contributed by atoms with Crippen LogP contribution >= 0.6 is 0 Å². The van der Waals surface area contributed by atoms with Crippen LogP contribution in [0.4, 0.5) is 5.69 Å². The van der Waals surface area contributed by atoms with Crippen LogP contribution in [0, 0.1) is 13.8 Å². The van der Waals surface area contributed by atoms with E-state index in [4.69, 9.17) is 9.47 Å². The Morgan fingerprint density at radius 1 is 1.05 bits per heavy atom. The minimum atomic E-state index is -1.22. The van der Waals surface area contributed by atoms with Gasteiger partial charge in [0.25, 0.3) is 5.79 Å². The molecule has 1 N–H and O–H groups in total. The maximum absolute atomic E-state index is 11.7. The number of anilines is 1. The summed E-state index contributed by atoms with van der Waals surface area (Å²) < 4.78 is 10.00. The number of carbonyl (C=O) groups is 2. The second-order valence-corrected chi connectivity index (χ2v) is 5.18. The second kappa shape index (κ2) is 5.00. The van der Waals surface area contributed by atoms with Crippen molar-refractivity contribution < 1.29 is 19.1 Å². The molecule has 0 amide bonds. The zero-order valence-electron chi connectivity index (χ0n) is 11.9. The van der Waals surface area contributed by atoms with Crippen LogP contribution in [0.15, 0.2) is 30.0 Å². The Bertz CT molecular complexity index is 580. The van der Waals surface area contributed by atoms with Crippen molar-refractivity contribution in [1.29, 1.82) is 0 Å². The lowest BCUT2D eigenvalue weighted by molar-refractivity contribution is -0.222. The van der Waals surface area contributed by atoms with Gasteiger partial charge in [0.15, 0.2) is 5.57 Å². The normalized spacial score (nSPS) is 17.3. The Morgan fingerprint density at radius 2 is 1.65 bits per heavy atom. The molecule has 20 heavy (non-hydrogen) atoms. The average molecular weight is 275 g/mol. The Hall–Kier alpha value is -2.30. The fourth-order valence-corrected chi connectivity index (χ4v) is 1.77. The summed E-state index contributed by atoms with van der Waals surface area (Å²) >= 11 is 0. The number of cyclic esters (lactones) is 2. The highest BCUT2D eigenvalue weighted by Crippen LogP contribution is 2.23. The molecule has 0 radical (unpaired) electrons. The molecular weight excluding hydrogens is 258 g/mol. The van der Waals surface area contributed by atoms with Gasteiger partial charge in [-0.3, -0.25) is 0 Å². The average Bonchev–Trinajstić information content (AvgIpc) is 2.31. The number of rotatable bonds is 2. The third kappa shape index (κ3) is 2.99. The van der Waals surface area contributed by atoms with Crippen LogP contribution < -0.4 is 5.32 Å². The first-order valence-corrected chi connectivity index (χ1v) is 6.29. The number of benzene rings is 1. The predicted molar refractivity (Wildman–Crippen MR) is 73.9 cm³/mol. The van der Waals surface area contributed by atoms with Gasteiger partial charge >= 0.3 is 11.9 Å². The van der Waals surface area contributed by atoms with E-state index in [0.29, 0.717) is 0 Å². The monoisotopic (exact) mass is 275 g/mol. The Kier molecular flexibility index (Phi) is 3.53. The highest BCUT2D eigenvalue weighted by atomic mass is 16.7. The molecule has 1 aliphatic rings. The van der Waals surface area contributed by atoms with Crippen LogP contribution in [0.2, 0.25) is 0 Å². The van der Waals surface area contributed by atoms with E-state index in [-0.39, 0.29) is 5.57 Å². The highest BCUT2D eigenvalue weighted by molar-refractivity contribution is 6.15. The van der Waals surface area contributed by atoms with E-state index >= 15 is 0 Å². The molecule has 0 aliphatic carbocycles. The summed E-state index contributed by atoms with van der Waals surface area (Å²) in [5.41, 5.74) is 2.92. The van der Waals surface area contributed by atoms with Gasteiger partial charge in [-0.05, 0) is 37.1 Å². The summed E-state index contributed by atoms with van der Waals surface area (Å²) in [5, 5.41) is 2.91. The minimum absolute atomic E-state index is 0.150. The van der Waals surface area contributed by atoms with E-state index in [1.165, 1.54) is 25.6 Å². The van der Waals surface area contributed by atoms with Gasteiger partial charge in [-0.1, -0.05) is 6.07 Å². The van der Waals surface area contributed by atoms with Gasteiger partial charge in [-0.25, -0.2) is 9.59 Å². The standard InChI is InChI=1S/C15H17NO4/c1-9-5-6-11(7-10(9)2)16-8-12-13(17)19-15(3,4)20-14(12)18/h5-8,16H,1-4H3. The van der Waals surface area contributed by atoms with Crippen molar-refractivity contribution in [2.75, 3.05) is 5.32 Å². The molecule has 0 unspecified atom stereocenters. The van der Waals surface area contributed by atoms with Crippen LogP contribution in [0.25, 0.3) is 0 Å². The van der Waals surface area contributed by atoms with Crippen LogP contribution in [-0.4, -0.2) is 17.7 Å². The lowest BCUT2D eigenvalue weighted by Gasteiger charge is -2.29. The van der Waals surface area contributed by atoms with E-state index in [0.717, 1.165) is 11.3 Å². The van der Waals surface area contributed by atoms with Gasteiger partial charge in [-0.15, -0.1) is 0 Å². The zero-order valence-corrected chi connectivity index (χ0v) is 11.9. The SMILES string of the molecule is Cc1ccc(NC=C2C(=O)OC(C)(C)OC2=O)cc1C. The van der Waals surface area contributed by atoms with Crippen molar-refractivity contribution in [2.45, 2.75) is 33.5 Å². The van der Waals surface area contributed by atoms with Gasteiger partial charge in [0, 0.05) is 25.7 Å². The molecule has 0 aromatic heterocycles. The topological polar surface area (TPSA) is 64.6 Å². The van der Waals surface area contributed by atoms with Crippen LogP contribution in [0.5, 0.6) is 0 Å². The molecule has 106 valence electrons. The summed E-state index contributed by atoms with van der Waals surface area (Å²) in [4.78, 5) is 23.5. The molecule has 5 nitrogen and oxygen atoms in total. The molecule has 1 aliphatic heterocycles. The molecule has 1 heterocycles. The van der Waals surface area contributed by atoms with E-state index in [9.17, 15) is 9.59 Å². The van der Waals surface area contributed by atoms with Crippen molar-refractivity contribution >= 4 is 17.6 Å². The zero-order chi connectivity index (χ0) is 14.9. The van der Waals surface area contributed by atoms with Crippen LogP contribution in [-0.2, 0) is 19.1 Å². The molecular formula is C15H17NO4. The third-order valence-corrected chi connectivity index (χ3v) is 3.01. The van der Waals surface area contributed by atoms with Gasteiger partial charge in [0.05, 0.1) is 0 Å². The van der Waals surface area contributed by atoms with Crippen molar-refractivity contribution in [3.05, 3.63) is 41.1 Å². The lowest BCUT2D eigenvalue weighted by atomic mass is 10.1. The van der Waals surface area contributed by atoms with E-state index in [1.54, 1.807) is 0 Å². The molecule has 1 saturated heterocycles. The number of nitrogens with one attached hydrogen (secondary N) is 1. The van der Waals surface area contributed by atoms with E-state index < -0.39 is 17.7 Å². The lowest BCUT2D eigenvalue weighted by Crippen LogP contribution is -2.42. The van der Waals surface area contributed by atoms with Crippen LogP contribution in [0.1, 0.15) is 25.0 Å². The molecule has 2 rings (SSSR count). The van der Waals surface area contributed by atoms with E-state index in [1.807, 2.05) is 32.0 Å². The smallest absolute Gasteiger partial charge is 0.350 e. The number of esters is 2. The number of hydrogen-bond acceptors (Lipinski definition) is 5. The molecule has 0 bridgehead atoms. The van der Waals surface area contributed by atoms with Crippen molar-refractivity contribution in [3.63, 3.8) is 0 Å². The minimum Gasteiger partial charge on any atom is -0.419 e. The Morgan fingerprint density at radius 3 is 2.20 bits per heavy atom. The summed E-state index contributed by atoms with van der Waals surface area (Å²) in [6, 6.07) is 5.75. The first kappa shape index (κ1) is 14.1.